The number of H-pyrrole nitrogens is 1. The van der Waals surface area contributed by atoms with E-state index in [4.69, 9.17) is 4.74 Å². The molecule has 3 aromatic carbocycles. The molecule has 1 aromatic heterocycles. The van der Waals surface area contributed by atoms with Crippen molar-refractivity contribution in [1.29, 1.82) is 0 Å². The number of para-hydroxylation sites is 1. The lowest BCUT2D eigenvalue weighted by molar-refractivity contribution is -0.886. The number of aromatic nitrogens is 1. The van der Waals surface area contributed by atoms with Crippen molar-refractivity contribution in [3.8, 4) is 5.75 Å². The van der Waals surface area contributed by atoms with Gasteiger partial charge in [-0.15, -0.1) is 0 Å². The van der Waals surface area contributed by atoms with Crippen molar-refractivity contribution >= 4 is 33.2 Å². The first-order valence-corrected chi connectivity index (χ1v) is 14.3. The monoisotopic (exact) mass is 579 g/mol. The van der Waals surface area contributed by atoms with Gasteiger partial charge >= 0.3 is 5.97 Å². The van der Waals surface area contributed by atoms with Crippen molar-refractivity contribution < 1.29 is 36.0 Å². The van der Waals surface area contributed by atoms with Gasteiger partial charge in [-0.05, 0) is 34.9 Å². The molecule has 2 N–H and O–H groups in total. The topological polar surface area (TPSA) is 138 Å². The van der Waals surface area contributed by atoms with Gasteiger partial charge in [-0.25, -0.2) is 13.2 Å². The van der Waals surface area contributed by atoms with E-state index in [2.05, 4.69) is 14.5 Å². The lowest BCUT2D eigenvalue weighted by Crippen LogP contribution is -2.58. The number of carbonyl (C=O) groups is 2. The third-order valence-electron chi connectivity index (χ3n) is 6.71. The van der Waals surface area contributed by atoms with Crippen LogP contribution in [-0.2, 0) is 44.2 Å². The molecule has 0 fully saturated rings. The fourth-order valence-corrected chi connectivity index (χ4v) is 4.90. The highest BCUT2D eigenvalue weighted by Gasteiger charge is 2.35. The van der Waals surface area contributed by atoms with Gasteiger partial charge in [0.1, 0.15) is 18.4 Å². The number of nitrogens with zero attached hydrogens (tertiary/aromatic N) is 1. The summed E-state index contributed by atoms with van der Waals surface area (Å²) in [5.41, 5.74) is 3.32. The summed E-state index contributed by atoms with van der Waals surface area (Å²) >= 11 is 0. The molecule has 0 saturated carbocycles. The van der Waals surface area contributed by atoms with E-state index in [0.29, 0.717) is 16.5 Å². The summed E-state index contributed by atoms with van der Waals surface area (Å²) < 4.78 is 42.7. The van der Waals surface area contributed by atoms with E-state index >= 15 is 0 Å². The summed E-state index contributed by atoms with van der Waals surface area (Å²) in [7, 11) is 0.912. The molecule has 0 aliphatic heterocycles. The van der Waals surface area contributed by atoms with E-state index in [9.17, 15) is 22.6 Å². The zero-order valence-corrected chi connectivity index (χ0v) is 23.9. The minimum atomic E-state index is -4.90. The normalized spacial score (nSPS) is 13.4. The van der Waals surface area contributed by atoms with Crippen LogP contribution in [0.5, 0.6) is 5.75 Å². The summed E-state index contributed by atoms with van der Waals surface area (Å²) in [6.45, 7) is -0.133. The predicted molar refractivity (Wildman–Crippen MR) is 152 cm³/mol. The maximum atomic E-state index is 13.7. The van der Waals surface area contributed by atoms with Crippen LogP contribution in [0.4, 0.5) is 0 Å². The zero-order valence-electron chi connectivity index (χ0n) is 23.1. The number of fused-ring (bicyclic) bond motifs is 1. The Balaban J connectivity index is 1.53. The summed E-state index contributed by atoms with van der Waals surface area (Å²) in [5.74, 6) is -1.04. The highest BCUT2D eigenvalue weighted by molar-refractivity contribution is 7.81. The molecule has 0 saturated heterocycles. The molecule has 41 heavy (non-hydrogen) atoms. The van der Waals surface area contributed by atoms with Gasteiger partial charge in [0.15, 0.2) is 6.04 Å². The fraction of sp³-hybridized carbons (Fsp3) is 0.267. The van der Waals surface area contributed by atoms with Crippen LogP contribution < -0.4 is 9.50 Å². The Bertz CT molecular complexity index is 1590. The number of aromatic amines is 1. The molecule has 4 aromatic rings. The van der Waals surface area contributed by atoms with Gasteiger partial charge in [0.05, 0.1) is 21.1 Å². The van der Waals surface area contributed by atoms with Gasteiger partial charge in [-0.3, -0.25) is 4.79 Å². The average molecular weight is 580 g/mol. The first kappa shape index (κ1) is 29.8. The Hall–Kier alpha value is -4.19. The number of esters is 1. The van der Waals surface area contributed by atoms with E-state index in [1.165, 1.54) is 24.3 Å². The number of nitrogens with one attached hydrogen (secondary N) is 2. The van der Waals surface area contributed by atoms with Crippen molar-refractivity contribution in [3.63, 3.8) is 0 Å². The van der Waals surface area contributed by atoms with Crippen molar-refractivity contribution in [2.45, 2.75) is 31.5 Å². The second-order valence-corrected chi connectivity index (χ2v) is 11.7. The van der Waals surface area contributed by atoms with Crippen LogP contribution >= 0.6 is 0 Å². The standard InChI is InChI=1S/C30H33N3O7S/c1-33(2,3)28(17-21-9-5-4-6-10-21)29(34)32-27(18-23-19-31-26-12-8-7-11-25(23)26)30(35)39-20-22-13-15-24(16-14-22)40-41(36,37)38/h4-16,19,27-28,31H,17-18,20H2,1-3H3,(H-,32,34,36,37,38)/t27-,28?/m0/s1. The summed E-state index contributed by atoms with van der Waals surface area (Å²) in [6, 6.07) is 21.5. The molecule has 2 atom stereocenters. The minimum absolute atomic E-state index is 0.133. The summed E-state index contributed by atoms with van der Waals surface area (Å²) in [4.78, 5) is 30.3. The van der Waals surface area contributed by atoms with Gasteiger partial charge in [0.25, 0.3) is 16.3 Å². The maximum Gasteiger partial charge on any atom is 0.329 e. The van der Waals surface area contributed by atoms with Gasteiger partial charge in [0, 0.05) is 29.9 Å². The van der Waals surface area contributed by atoms with Crippen LogP contribution in [0.15, 0.2) is 85.1 Å². The van der Waals surface area contributed by atoms with E-state index in [1.54, 1.807) is 0 Å². The highest BCUT2D eigenvalue weighted by atomic mass is 32.3. The molecule has 0 aliphatic rings. The smallest absolute Gasteiger partial charge is 0.329 e. The van der Waals surface area contributed by atoms with Gasteiger partial charge in [-0.1, -0.05) is 60.7 Å². The average Bonchev–Trinajstić information content (AvgIpc) is 3.32. The number of benzene rings is 3. The minimum Gasteiger partial charge on any atom is -0.716 e. The van der Waals surface area contributed by atoms with Crippen LogP contribution in [-0.4, -0.2) is 67.5 Å². The third kappa shape index (κ3) is 8.40. The number of ether oxygens (including phenoxy) is 1. The molecular weight excluding hydrogens is 546 g/mol. The Morgan fingerprint density at radius 1 is 0.902 bits per heavy atom. The number of hydrogen-bond donors (Lipinski definition) is 2. The highest BCUT2D eigenvalue weighted by Crippen LogP contribution is 2.21. The second kappa shape index (κ2) is 12.5. The number of amides is 1. The molecule has 216 valence electrons. The Labute approximate surface area is 239 Å². The molecule has 0 bridgehead atoms. The van der Waals surface area contributed by atoms with E-state index in [1.807, 2.05) is 81.9 Å². The Morgan fingerprint density at radius 2 is 1.56 bits per heavy atom. The quantitative estimate of drug-likeness (QED) is 0.114. The van der Waals surface area contributed by atoms with Crippen molar-refractivity contribution in [2.75, 3.05) is 21.1 Å². The number of likely N-dealkylation sites (N-methyl/N-ethyl adjacent to an activating group) is 1. The molecule has 4 rings (SSSR count). The summed E-state index contributed by atoms with van der Waals surface area (Å²) in [5, 5.41) is 3.89. The first-order chi connectivity index (χ1) is 19.4. The molecule has 0 spiro atoms. The Kier molecular flexibility index (Phi) is 9.11. The number of carbonyl (C=O) groups excluding carboxylic acids is 2. The van der Waals surface area contributed by atoms with Crippen LogP contribution in [0.25, 0.3) is 10.9 Å². The zero-order chi connectivity index (χ0) is 29.6. The first-order valence-electron chi connectivity index (χ1n) is 13.0. The predicted octanol–water partition coefficient (Wildman–Crippen LogP) is 3.10. The molecule has 1 unspecified atom stereocenters. The van der Waals surface area contributed by atoms with Gasteiger partial charge in [0.2, 0.25) is 0 Å². The van der Waals surface area contributed by atoms with E-state index < -0.39 is 28.5 Å². The maximum absolute atomic E-state index is 13.7. The van der Waals surface area contributed by atoms with Crippen LogP contribution in [0.1, 0.15) is 16.7 Å². The van der Waals surface area contributed by atoms with Gasteiger partial charge < -0.3 is 28.3 Å². The molecule has 0 aliphatic carbocycles. The summed E-state index contributed by atoms with van der Waals surface area (Å²) in [6.07, 6.45) is 2.51. The SMILES string of the molecule is C[N+](C)(C)C(Cc1ccccc1)C(=O)N[C@@H](Cc1c[nH]c2ccccc12)C(=O)OCc1ccc(OS(=O)(=O)[O-])cc1. The molecule has 0 radical (unpaired) electrons. The van der Waals surface area contributed by atoms with Crippen LogP contribution in [0.2, 0.25) is 0 Å². The largest absolute Gasteiger partial charge is 0.716 e. The van der Waals surface area contributed by atoms with Crippen molar-refractivity contribution in [3.05, 3.63) is 102 Å². The fourth-order valence-electron chi connectivity index (χ4n) is 4.55. The number of quaternary nitrogens is 1. The number of hydrogen-bond acceptors (Lipinski definition) is 7. The molecule has 10 nitrogen and oxygen atoms in total. The third-order valence-corrected chi connectivity index (χ3v) is 7.11. The lowest BCUT2D eigenvalue weighted by Gasteiger charge is -2.34. The van der Waals surface area contributed by atoms with Crippen molar-refractivity contribution in [1.82, 2.24) is 10.3 Å². The molecule has 1 amide bonds. The molecule has 11 heteroatoms. The van der Waals surface area contributed by atoms with Gasteiger partial charge in [-0.2, -0.15) is 0 Å². The Morgan fingerprint density at radius 3 is 2.22 bits per heavy atom. The van der Waals surface area contributed by atoms with E-state index in [0.717, 1.165) is 22.0 Å². The number of rotatable bonds is 12. The second-order valence-electron chi connectivity index (χ2n) is 10.7. The molecular formula is C30H33N3O7S. The lowest BCUT2D eigenvalue weighted by atomic mass is 10.0. The van der Waals surface area contributed by atoms with Crippen molar-refractivity contribution in [2.24, 2.45) is 0 Å². The van der Waals surface area contributed by atoms with Crippen LogP contribution in [0, 0.1) is 0 Å². The van der Waals surface area contributed by atoms with E-state index in [-0.39, 0.29) is 24.7 Å². The van der Waals surface area contributed by atoms with Crippen LogP contribution in [0.3, 0.4) is 0 Å². The molecule has 1 heterocycles.